The van der Waals surface area contributed by atoms with E-state index in [0.29, 0.717) is 11.7 Å². The molecule has 2 N–H and O–H groups in total. The first kappa shape index (κ1) is 11.3. The summed E-state index contributed by atoms with van der Waals surface area (Å²) in [6, 6.07) is 1.78. The Kier molecular flexibility index (Phi) is 4.17. The van der Waals surface area contributed by atoms with Crippen molar-refractivity contribution in [3.05, 3.63) is 34.5 Å². The van der Waals surface area contributed by atoms with Gasteiger partial charge in [-0.05, 0) is 23.3 Å². The van der Waals surface area contributed by atoms with E-state index in [1.807, 2.05) is 6.08 Å². The van der Waals surface area contributed by atoms with E-state index in [1.54, 1.807) is 18.3 Å². The lowest BCUT2D eigenvalue weighted by atomic mass is 10.1. The molecular formula is C10H10BrClN2. The number of rotatable bonds is 3. The first-order valence-electron chi connectivity index (χ1n) is 3.97. The maximum atomic E-state index is 5.65. The quantitative estimate of drug-likeness (QED) is 0.858. The molecule has 14 heavy (non-hydrogen) atoms. The zero-order valence-corrected chi connectivity index (χ0v) is 9.85. The van der Waals surface area contributed by atoms with Crippen LogP contribution in [0, 0.1) is 0 Å². The Balaban J connectivity index is 3.17. The molecule has 1 rings (SSSR count). The number of hydrogen-bond donors (Lipinski definition) is 1. The van der Waals surface area contributed by atoms with Crippen LogP contribution in [-0.4, -0.2) is 10.9 Å². The van der Waals surface area contributed by atoms with Gasteiger partial charge in [-0.3, -0.25) is 0 Å². The molecule has 0 saturated carbocycles. The van der Waals surface area contributed by atoms with Gasteiger partial charge < -0.3 is 5.73 Å². The second-order valence-corrected chi connectivity index (χ2v) is 3.95. The number of pyridine rings is 1. The summed E-state index contributed by atoms with van der Waals surface area (Å²) in [5, 5.41) is 0. The molecule has 0 unspecified atom stereocenters. The van der Waals surface area contributed by atoms with Crippen LogP contribution < -0.4 is 5.73 Å². The lowest BCUT2D eigenvalue weighted by molar-refractivity contribution is 1.32. The number of nitrogen functional groups attached to an aromatic ring is 1. The Bertz CT molecular complexity index is 374. The molecule has 0 atom stereocenters. The van der Waals surface area contributed by atoms with E-state index < -0.39 is 0 Å². The number of allylic oxidation sites excluding steroid dienone is 1. The van der Waals surface area contributed by atoms with Gasteiger partial charge in [-0.2, -0.15) is 0 Å². The fourth-order valence-corrected chi connectivity index (χ4v) is 1.33. The largest absolute Gasteiger partial charge is 0.384 e. The molecule has 0 bridgehead atoms. The van der Waals surface area contributed by atoms with Gasteiger partial charge >= 0.3 is 0 Å². The lowest BCUT2D eigenvalue weighted by Crippen LogP contribution is -1.92. The highest BCUT2D eigenvalue weighted by molar-refractivity contribution is 9.11. The SMILES string of the molecule is C=Cc1cnc(N)cc1/C=C(/Br)CCl. The van der Waals surface area contributed by atoms with Crippen LogP contribution in [0.4, 0.5) is 5.82 Å². The van der Waals surface area contributed by atoms with Gasteiger partial charge in [-0.15, -0.1) is 11.6 Å². The summed E-state index contributed by atoms with van der Waals surface area (Å²) in [4.78, 5) is 3.97. The summed E-state index contributed by atoms with van der Waals surface area (Å²) in [6.07, 6.45) is 5.32. The van der Waals surface area contributed by atoms with Crippen molar-refractivity contribution in [2.75, 3.05) is 11.6 Å². The Hall–Kier alpha value is -0.800. The smallest absolute Gasteiger partial charge is 0.123 e. The minimum absolute atomic E-state index is 0.429. The summed E-state index contributed by atoms with van der Waals surface area (Å²) < 4.78 is 0.896. The number of halogens is 2. The van der Waals surface area contributed by atoms with Crippen LogP contribution in [0.5, 0.6) is 0 Å². The number of nitrogens with zero attached hydrogens (tertiary/aromatic N) is 1. The van der Waals surface area contributed by atoms with Crippen LogP contribution in [0.2, 0.25) is 0 Å². The second kappa shape index (κ2) is 5.17. The highest BCUT2D eigenvalue weighted by Gasteiger charge is 1.99. The van der Waals surface area contributed by atoms with Crippen LogP contribution in [0.25, 0.3) is 12.2 Å². The standard InChI is InChI=1S/C10H10BrClN2/c1-2-7-6-14-10(13)4-8(7)3-9(11)5-12/h2-4,6H,1,5H2,(H2,13,14)/b9-3+. The van der Waals surface area contributed by atoms with Crippen LogP contribution >= 0.6 is 27.5 Å². The number of alkyl halides is 1. The Morgan fingerprint density at radius 2 is 2.36 bits per heavy atom. The molecule has 2 nitrogen and oxygen atoms in total. The normalized spacial score (nSPS) is 11.4. The average Bonchev–Trinajstić information content (AvgIpc) is 2.18. The molecule has 4 heteroatoms. The fraction of sp³-hybridized carbons (Fsp3) is 0.100. The third-order valence-corrected chi connectivity index (χ3v) is 2.77. The van der Waals surface area contributed by atoms with Gasteiger partial charge in [0.25, 0.3) is 0 Å². The van der Waals surface area contributed by atoms with E-state index in [9.17, 15) is 0 Å². The summed E-state index contributed by atoms with van der Waals surface area (Å²) in [5.74, 6) is 0.912. The molecule has 0 amide bonds. The van der Waals surface area contributed by atoms with Crippen molar-refractivity contribution in [1.82, 2.24) is 4.98 Å². The van der Waals surface area contributed by atoms with E-state index in [-0.39, 0.29) is 0 Å². The van der Waals surface area contributed by atoms with Crippen molar-refractivity contribution >= 4 is 45.5 Å². The predicted molar refractivity (Wildman–Crippen MR) is 66.4 cm³/mol. The lowest BCUT2D eigenvalue weighted by Gasteiger charge is -2.02. The first-order valence-corrected chi connectivity index (χ1v) is 5.30. The Morgan fingerprint density at radius 3 is 2.93 bits per heavy atom. The van der Waals surface area contributed by atoms with Crippen LogP contribution in [0.3, 0.4) is 0 Å². The molecule has 74 valence electrons. The van der Waals surface area contributed by atoms with E-state index in [1.165, 1.54) is 0 Å². The molecule has 1 aromatic heterocycles. The van der Waals surface area contributed by atoms with Crippen LogP contribution in [0.15, 0.2) is 23.3 Å². The zero-order chi connectivity index (χ0) is 10.6. The molecule has 0 spiro atoms. The van der Waals surface area contributed by atoms with E-state index >= 15 is 0 Å². The van der Waals surface area contributed by atoms with Gasteiger partial charge in [0.1, 0.15) is 5.82 Å². The number of aromatic nitrogens is 1. The minimum Gasteiger partial charge on any atom is -0.384 e. The summed E-state index contributed by atoms with van der Waals surface area (Å²) >= 11 is 8.98. The third-order valence-electron chi connectivity index (χ3n) is 1.65. The van der Waals surface area contributed by atoms with Crippen molar-refractivity contribution in [3.8, 4) is 0 Å². The van der Waals surface area contributed by atoms with Crippen LogP contribution in [-0.2, 0) is 0 Å². The minimum atomic E-state index is 0.429. The molecule has 0 aliphatic carbocycles. The maximum Gasteiger partial charge on any atom is 0.123 e. The molecule has 0 fully saturated rings. The maximum absolute atomic E-state index is 5.65. The van der Waals surface area contributed by atoms with Crippen molar-refractivity contribution in [1.29, 1.82) is 0 Å². The first-order chi connectivity index (χ1) is 6.67. The molecule has 0 aliphatic heterocycles. The van der Waals surface area contributed by atoms with Crippen molar-refractivity contribution < 1.29 is 0 Å². The van der Waals surface area contributed by atoms with Crippen molar-refractivity contribution in [2.45, 2.75) is 0 Å². The summed E-state index contributed by atoms with van der Waals surface area (Å²) in [5.41, 5.74) is 7.47. The fourth-order valence-electron chi connectivity index (χ4n) is 1.00. The summed E-state index contributed by atoms with van der Waals surface area (Å²) in [7, 11) is 0. The van der Waals surface area contributed by atoms with Gasteiger partial charge in [-0.1, -0.05) is 28.6 Å². The number of anilines is 1. The third kappa shape index (κ3) is 2.86. The molecule has 1 aromatic rings. The Labute approximate surface area is 96.6 Å². The molecular weight excluding hydrogens is 263 g/mol. The van der Waals surface area contributed by atoms with Gasteiger partial charge in [0, 0.05) is 10.7 Å². The van der Waals surface area contributed by atoms with Gasteiger partial charge in [0.05, 0.1) is 5.88 Å². The predicted octanol–water partition coefficient (Wildman–Crippen LogP) is 3.28. The average molecular weight is 274 g/mol. The highest BCUT2D eigenvalue weighted by atomic mass is 79.9. The molecule has 0 aliphatic rings. The number of hydrogen-bond acceptors (Lipinski definition) is 2. The van der Waals surface area contributed by atoms with E-state index in [4.69, 9.17) is 17.3 Å². The Morgan fingerprint density at radius 1 is 1.64 bits per heavy atom. The molecule has 0 aromatic carbocycles. The van der Waals surface area contributed by atoms with Crippen molar-refractivity contribution in [2.24, 2.45) is 0 Å². The van der Waals surface area contributed by atoms with Crippen molar-refractivity contribution in [3.63, 3.8) is 0 Å². The number of nitrogens with two attached hydrogens (primary N) is 1. The zero-order valence-electron chi connectivity index (χ0n) is 7.50. The molecule has 0 radical (unpaired) electrons. The monoisotopic (exact) mass is 272 g/mol. The molecule has 1 heterocycles. The summed E-state index contributed by atoms with van der Waals surface area (Å²) in [6.45, 7) is 3.70. The van der Waals surface area contributed by atoms with Crippen LogP contribution in [0.1, 0.15) is 11.1 Å². The van der Waals surface area contributed by atoms with Gasteiger partial charge in [0.15, 0.2) is 0 Å². The molecule has 0 saturated heterocycles. The topological polar surface area (TPSA) is 38.9 Å². The van der Waals surface area contributed by atoms with E-state index in [2.05, 4.69) is 27.5 Å². The van der Waals surface area contributed by atoms with Gasteiger partial charge in [-0.25, -0.2) is 4.98 Å². The second-order valence-electron chi connectivity index (χ2n) is 2.67. The van der Waals surface area contributed by atoms with E-state index in [0.717, 1.165) is 15.6 Å². The van der Waals surface area contributed by atoms with Gasteiger partial charge in [0.2, 0.25) is 0 Å². The highest BCUT2D eigenvalue weighted by Crippen LogP contribution is 2.19.